The van der Waals surface area contributed by atoms with E-state index in [9.17, 15) is 19.8 Å². The third-order valence-corrected chi connectivity index (χ3v) is 8.61. The Labute approximate surface area is 300 Å². The number of nitrogens with two attached hydrogens (primary N) is 1. The van der Waals surface area contributed by atoms with Crippen molar-refractivity contribution >= 4 is 11.9 Å². The molecule has 1 aliphatic rings. The number of allylic oxidation sites excluding steroid dienone is 1. The van der Waals surface area contributed by atoms with Crippen molar-refractivity contribution in [2.24, 2.45) is 11.1 Å². The van der Waals surface area contributed by atoms with Crippen LogP contribution in [0.5, 0.6) is 0 Å². The van der Waals surface area contributed by atoms with Crippen LogP contribution in [0.2, 0.25) is 0 Å². The standard InChI is InChI=1S/C35H52N4O7.2C2H6/c1-3-35(2)16-15-27(9-5-4-6-10-28-11-7-13-30(37-28)33(40)41)32(25-35)46-22-19-39(18-21-45-24-23-44-20-17-36)26-29-12-8-14-31(38-29)34(42)43;2*1-2/h7-9,11-14,32H,3-6,10,15-26,36H2,1-2H3,(H,40,41)(H,42,43);2*1-2H3/b27-9+;;. The van der Waals surface area contributed by atoms with Gasteiger partial charge in [-0.15, -0.1) is 0 Å². The van der Waals surface area contributed by atoms with Gasteiger partial charge in [-0.05, 0) is 80.2 Å². The molecule has 3 rings (SSSR count). The number of unbranched alkanes of at least 4 members (excludes halogenated alkanes) is 2. The van der Waals surface area contributed by atoms with Crippen LogP contribution in [0.15, 0.2) is 48.0 Å². The molecule has 0 amide bonds. The van der Waals surface area contributed by atoms with Gasteiger partial charge < -0.3 is 30.2 Å². The van der Waals surface area contributed by atoms with E-state index in [4.69, 9.17) is 19.9 Å². The fourth-order valence-corrected chi connectivity index (χ4v) is 5.59. The quantitative estimate of drug-likeness (QED) is 0.0855. The van der Waals surface area contributed by atoms with Crippen molar-refractivity contribution in [3.05, 3.63) is 70.8 Å². The minimum atomic E-state index is -1.04. The van der Waals surface area contributed by atoms with E-state index in [-0.39, 0.29) is 22.9 Å². The van der Waals surface area contributed by atoms with Gasteiger partial charge >= 0.3 is 11.9 Å². The van der Waals surface area contributed by atoms with Crippen LogP contribution in [-0.4, -0.2) is 95.8 Å². The molecule has 0 spiro atoms. The number of pyridine rings is 2. The zero-order chi connectivity index (χ0) is 37.2. The van der Waals surface area contributed by atoms with Gasteiger partial charge in [0.25, 0.3) is 0 Å². The van der Waals surface area contributed by atoms with Crippen molar-refractivity contribution in [3.63, 3.8) is 0 Å². The first-order valence-corrected chi connectivity index (χ1v) is 18.5. The van der Waals surface area contributed by atoms with Gasteiger partial charge in [0.2, 0.25) is 0 Å². The number of carboxylic acids is 2. The molecule has 282 valence electrons. The van der Waals surface area contributed by atoms with Crippen LogP contribution < -0.4 is 5.73 Å². The van der Waals surface area contributed by atoms with Crippen LogP contribution in [0.25, 0.3) is 0 Å². The molecule has 1 aliphatic carbocycles. The fourth-order valence-electron chi connectivity index (χ4n) is 5.59. The van der Waals surface area contributed by atoms with Gasteiger partial charge in [0.05, 0.1) is 44.8 Å². The maximum Gasteiger partial charge on any atom is 0.354 e. The number of aromatic carboxylic acids is 2. The summed E-state index contributed by atoms with van der Waals surface area (Å²) in [5, 5.41) is 18.6. The molecule has 1 saturated carbocycles. The maximum absolute atomic E-state index is 11.5. The van der Waals surface area contributed by atoms with E-state index in [1.165, 1.54) is 17.7 Å². The lowest BCUT2D eigenvalue weighted by atomic mass is 9.70. The Morgan fingerprint density at radius 3 is 2.12 bits per heavy atom. The van der Waals surface area contributed by atoms with E-state index >= 15 is 0 Å². The third-order valence-electron chi connectivity index (χ3n) is 8.61. The fraction of sp³-hybridized carbons (Fsp3) is 0.641. The topological polar surface area (TPSA) is 157 Å². The summed E-state index contributed by atoms with van der Waals surface area (Å²) in [6.45, 7) is 17.4. The first kappa shape index (κ1) is 44.8. The molecule has 0 saturated heterocycles. The van der Waals surface area contributed by atoms with Gasteiger partial charge in [-0.25, -0.2) is 19.6 Å². The SMILES string of the molecule is CC.CC.CCC1(C)CC/C(=C\CCCCc2cccc(C(=O)O)n2)C(OCCN(CCOCCOCCN)Cc2cccc(C(=O)O)n2)C1. The number of carboxylic acid groups (broad SMARTS) is 2. The van der Waals surface area contributed by atoms with E-state index in [1.807, 2.05) is 39.8 Å². The van der Waals surface area contributed by atoms with Gasteiger partial charge in [0, 0.05) is 31.9 Å². The second-order valence-corrected chi connectivity index (χ2v) is 12.2. The van der Waals surface area contributed by atoms with Gasteiger partial charge in [0.1, 0.15) is 11.4 Å². The lowest BCUT2D eigenvalue weighted by Gasteiger charge is -2.39. The van der Waals surface area contributed by atoms with Crippen molar-refractivity contribution < 1.29 is 34.0 Å². The molecule has 0 bridgehead atoms. The van der Waals surface area contributed by atoms with E-state index < -0.39 is 11.9 Å². The summed E-state index contributed by atoms with van der Waals surface area (Å²) in [7, 11) is 0. The zero-order valence-corrected chi connectivity index (χ0v) is 31.5. The van der Waals surface area contributed by atoms with Crippen LogP contribution in [-0.2, 0) is 27.2 Å². The highest BCUT2D eigenvalue weighted by molar-refractivity contribution is 5.85. The molecule has 0 radical (unpaired) electrons. The summed E-state index contributed by atoms with van der Waals surface area (Å²) in [6.07, 6.45) is 10.3. The summed E-state index contributed by atoms with van der Waals surface area (Å²) < 4.78 is 17.8. The monoisotopic (exact) mass is 700 g/mol. The van der Waals surface area contributed by atoms with Gasteiger partial charge in [-0.3, -0.25) is 4.90 Å². The number of carbonyl (C=O) groups is 2. The molecule has 2 atom stereocenters. The second-order valence-electron chi connectivity index (χ2n) is 12.2. The first-order valence-electron chi connectivity index (χ1n) is 18.5. The molecular formula is C39H64N4O7. The molecule has 2 heterocycles. The van der Waals surface area contributed by atoms with E-state index in [1.54, 1.807) is 12.1 Å². The summed E-state index contributed by atoms with van der Waals surface area (Å²) >= 11 is 0. The number of hydrogen-bond donors (Lipinski definition) is 3. The predicted molar refractivity (Wildman–Crippen MR) is 199 cm³/mol. The van der Waals surface area contributed by atoms with Crippen LogP contribution in [0.1, 0.15) is 119 Å². The summed E-state index contributed by atoms with van der Waals surface area (Å²) in [6, 6.07) is 10.2. The van der Waals surface area contributed by atoms with E-state index in [0.29, 0.717) is 64.9 Å². The van der Waals surface area contributed by atoms with Gasteiger partial charge in [0.15, 0.2) is 0 Å². The van der Waals surface area contributed by atoms with Gasteiger partial charge in [-0.2, -0.15) is 0 Å². The predicted octanol–water partition coefficient (Wildman–Crippen LogP) is 7.04. The molecule has 2 aromatic rings. The zero-order valence-electron chi connectivity index (χ0n) is 31.5. The molecule has 0 aromatic carbocycles. The van der Waals surface area contributed by atoms with Crippen LogP contribution in [0.4, 0.5) is 0 Å². The number of rotatable bonds is 22. The average Bonchev–Trinajstić information content (AvgIpc) is 3.13. The Balaban J connectivity index is 0.00000301. The van der Waals surface area contributed by atoms with Crippen LogP contribution in [0.3, 0.4) is 0 Å². The molecular weight excluding hydrogens is 636 g/mol. The number of aryl methyl sites for hydroxylation is 1. The highest BCUT2D eigenvalue weighted by Crippen LogP contribution is 2.42. The van der Waals surface area contributed by atoms with Crippen LogP contribution >= 0.6 is 0 Å². The summed E-state index contributed by atoms with van der Waals surface area (Å²) in [5.74, 6) is -2.05. The molecule has 4 N–H and O–H groups in total. The summed E-state index contributed by atoms with van der Waals surface area (Å²) in [4.78, 5) is 33.4. The summed E-state index contributed by atoms with van der Waals surface area (Å²) in [5.41, 5.74) is 8.68. The maximum atomic E-state index is 11.5. The number of nitrogens with zero attached hydrogens (tertiary/aromatic N) is 3. The molecule has 0 aliphatic heterocycles. The first-order chi connectivity index (χ1) is 24.2. The highest BCUT2D eigenvalue weighted by atomic mass is 16.5. The third kappa shape index (κ3) is 17.6. The van der Waals surface area contributed by atoms with Crippen molar-refractivity contribution in [1.29, 1.82) is 0 Å². The van der Waals surface area contributed by atoms with Crippen molar-refractivity contribution in [3.8, 4) is 0 Å². The number of hydrogen-bond acceptors (Lipinski definition) is 9. The highest BCUT2D eigenvalue weighted by Gasteiger charge is 2.34. The minimum absolute atomic E-state index is 0.0304. The molecule has 11 nitrogen and oxygen atoms in total. The van der Waals surface area contributed by atoms with Crippen molar-refractivity contribution in [2.75, 3.05) is 52.7 Å². The van der Waals surface area contributed by atoms with Crippen molar-refractivity contribution in [1.82, 2.24) is 14.9 Å². The van der Waals surface area contributed by atoms with Crippen molar-refractivity contribution in [2.45, 2.75) is 106 Å². The Kier molecular flexibility index (Phi) is 23.8. The Morgan fingerprint density at radius 1 is 0.900 bits per heavy atom. The lowest BCUT2D eigenvalue weighted by molar-refractivity contribution is 0.00240. The number of aromatic nitrogens is 2. The Hall–Kier alpha value is -3.22. The molecule has 1 fully saturated rings. The second kappa shape index (κ2) is 26.6. The molecule has 11 heteroatoms. The molecule has 2 unspecified atom stereocenters. The largest absolute Gasteiger partial charge is 0.477 e. The van der Waals surface area contributed by atoms with Crippen LogP contribution in [0, 0.1) is 5.41 Å². The normalized spacial score (nSPS) is 17.8. The lowest BCUT2D eigenvalue weighted by Crippen LogP contribution is -2.36. The minimum Gasteiger partial charge on any atom is -0.477 e. The van der Waals surface area contributed by atoms with E-state index in [2.05, 4.69) is 34.8 Å². The average molecular weight is 701 g/mol. The van der Waals surface area contributed by atoms with E-state index in [0.717, 1.165) is 57.1 Å². The Bertz CT molecular complexity index is 1260. The smallest absolute Gasteiger partial charge is 0.354 e. The Morgan fingerprint density at radius 2 is 1.50 bits per heavy atom. The van der Waals surface area contributed by atoms with Gasteiger partial charge in [-0.1, -0.05) is 66.2 Å². The molecule has 50 heavy (non-hydrogen) atoms. The molecule has 2 aromatic heterocycles. The number of ether oxygens (including phenoxy) is 3.